The summed E-state index contributed by atoms with van der Waals surface area (Å²) in [6.07, 6.45) is 2.15. The van der Waals surface area contributed by atoms with Gasteiger partial charge in [0.15, 0.2) is 11.5 Å². The molecule has 6 nitrogen and oxygen atoms in total. The van der Waals surface area contributed by atoms with Gasteiger partial charge in [0.2, 0.25) is 5.91 Å². The number of halogens is 5. The number of nitrogens with one attached hydrogen (secondary N) is 1. The van der Waals surface area contributed by atoms with E-state index in [0.29, 0.717) is 0 Å². The van der Waals surface area contributed by atoms with E-state index in [9.17, 15) is 27.2 Å². The van der Waals surface area contributed by atoms with Crippen molar-refractivity contribution >= 4 is 35.2 Å². The first kappa shape index (κ1) is 22.0. The van der Waals surface area contributed by atoms with E-state index < -0.39 is 36.6 Å². The number of aromatic carboxylic acids is 1. The zero-order valence-corrected chi connectivity index (χ0v) is 15.0. The van der Waals surface area contributed by atoms with E-state index in [-0.39, 0.29) is 21.8 Å². The van der Waals surface area contributed by atoms with Crippen LogP contribution in [0.3, 0.4) is 0 Å². The molecule has 2 aromatic rings. The third kappa shape index (κ3) is 6.39. The van der Waals surface area contributed by atoms with Crippen LogP contribution in [0.4, 0.5) is 23.2 Å². The lowest BCUT2D eigenvalue weighted by Gasteiger charge is -2.12. The van der Waals surface area contributed by atoms with Gasteiger partial charge in [-0.05, 0) is 35.9 Å². The molecule has 0 atom stereocenters. The smallest absolute Gasteiger partial charge is 0.387 e. The van der Waals surface area contributed by atoms with E-state index in [1.165, 1.54) is 30.3 Å². The molecule has 0 aliphatic heterocycles. The number of carboxylic acids is 1. The molecular formula is C18H12ClF4NO5. The normalized spacial score (nSPS) is 11.1. The minimum absolute atomic E-state index is 0.0537. The van der Waals surface area contributed by atoms with Crippen molar-refractivity contribution in [2.75, 3.05) is 5.32 Å². The SMILES string of the molecule is O=C(/C=C/c1ccc(OC(F)F)c(OC(F)F)c1)Nc1cccc(Cl)c1C(=O)O. The van der Waals surface area contributed by atoms with Crippen LogP contribution in [0.15, 0.2) is 42.5 Å². The van der Waals surface area contributed by atoms with Crippen LogP contribution in [0.2, 0.25) is 5.02 Å². The summed E-state index contributed by atoms with van der Waals surface area (Å²) in [4.78, 5) is 23.3. The van der Waals surface area contributed by atoms with E-state index >= 15 is 0 Å². The van der Waals surface area contributed by atoms with Gasteiger partial charge < -0.3 is 19.9 Å². The van der Waals surface area contributed by atoms with E-state index in [1.807, 2.05) is 0 Å². The first-order valence-electron chi connectivity index (χ1n) is 7.72. The molecule has 0 saturated carbocycles. The van der Waals surface area contributed by atoms with Crippen LogP contribution < -0.4 is 14.8 Å². The first-order valence-corrected chi connectivity index (χ1v) is 8.09. The number of hydrogen-bond donors (Lipinski definition) is 2. The van der Waals surface area contributed by atoms with Gasteiger partial charge in [-0.25, -0.2) is 4.79 Å². The average molecular weight is 434 g/mol. The fourth-order valence-corrected chi connectivity index (χ4v) is 2.46. The van der Waals surface area contributed by atoms with Gasteiger partial charge in [0.1, 0.15) is 5.56 Å². The standard InChI is InChI=1S/C18H12ClF4NO5/c19-10-2-1-3-11(15(10)16(26)27)24-14(25)7-5-9-4-6-12(28-17(20)21)13(8-9)29-18(22)23/h1-8,17-18H,(H,24,25)(H,26,27)/b7-5+. The number of carboxylic acid groups (broad SMARTS) is 1. The molecule has 0 aliphatic carbocycles. The molecule has 0 radical (unpaired) electrons. The molecule has 2 N–H and O–H groups in total. The van der Waals surface area contributed by atoms with Crippen LogP contribution in [0, 0.1) is 0 Å². The Balaban J connectivity index is 2.20. The van der Waals surface area contributed by atoms with Gasteiger partial charge in [-0.15, -0.1) is 0 Å². The average Bonchev–Trinajstić information content (AvgIpc) is 2.60. The second-order valence-electron chi connectivity index (χ2n) is 5.25. The summed E-state index contributed by atoms with van der Waals surface area (Å²) < 4.78 is 57.8. The number of rotatable bonds is 8. The summed E-state index contributed by atoms with van der Waals surface area (Å²) in [5.41, 5.74) is -0.207. The molecule has 0 fully saturated rings. The Morgan fingerprint density at radius 3 is 2.31 bits per heavy atom. The zero-order chi connectivity index (χ0) is 21.6. The summed E-state index contributed by atoms with van der Waals surface area (Å²) in [7, 11) is 0. The van der Waals surface area contributed by atoms with E-state index in [2.05, 4.69) is 14.8 Å². The highest BCUT2D eigenvalue weighted by Gasteiger charge is 2.16. The van der Waals surface area contributed by atoms with E-state index in [0.717, 1.165) is 18.2 Å². The molecule has 0 unspecified atom stereocenters. The lowest BCUT2D eigenvalue weighted by molar-refractivity contribution is -0.111. The molecule has 11 heteroatoms. The van der Waals surface area contributed by atoms with Crippen LogP contribution in [0.25, 0.3) is 6.08 Å². The largest absolute Gasteiger partial charge is 0.478 e. The molecule has 0 heterocycles. The van der Waals surface area contributed by atoms with Crippen molar-refractivity contribution in [3.63, 3.8) is 0 Å². The Morgan fingerprint density at radius 2 is 1.69 bits per heavy atom. The fourth-order valence-electron chi connectivity index (χ4n) is 2.20. The predicted molar refractivity (Wildman–Crippen MR) is 95.8 cm³/mol. The van der Waals surface area contributed by atoms with Crippen LogP contribution in [-0.4, -0.2) is 30.2 Å². The molecule has 154 valence electrons. The summed E-state index contributed by atoms with van der Waals surface area (Å²) in [5, 5.41) is 11.4. The lowest BCUT2D eigenvalue weighted by Crippen LogP contribution is -2.12. The monoisotopic (exact) mass is 433 g/mol. The summed E-state index contributed by atoms with van der Waals surface area (Å²) in [5.74, 6) is -3.35. The summed E-state index contributed by atoms with van der Waals surface area (Å²) in [6, 6.07) is 7.26. The maximum absolute atomic E-state index is 12.5. The number of carbonyl (C=O) groups is 2. The van der Waals surface area contributed by atoms with Crippen LogP contribution in [-0.2, 0) is 4.79 Å². The highest BCUT2D eigenvalue weighted by atomic mass is 35.5. The Morgan fingerprint density at radius 1 is 1.03 bits per heavy atom. The molecule has 0 aromatic heterocycles. The second-order valence-corrected chi connectivity index (χ2v) is 5.66. The predicted octanol–water partition coefficient (Wildman–Crippen LogP) is 4.89. The number of carbonyl (C=O) groups excluding carboxylic acids is 1. The Hall–Kier alpha value is -3.27. The van der Waals surface area contributed by atoms with Crippen LogP contribution in [0.5, 0.6) is 11.5 Å². The van der Waals surface area contributed by atoms with Crippen molar-refractivity contribution in [1.82, 2.24) is 0 Å². The topological polar surface area (TPSA) is 84.9 Å². The highest BCUT2D eigenvalue weighted by Crippen LogP contribution is 2.31. The second kappa shape index (κ2) is 9.78. The summed E-state index contributed by atoms with van der Waals surface area (Å²) in [6.45, 7) is -6.53. The van der Waals surface area contributed by atoms with Crippen molar-refractivity contribution in [3.8, 4) is 11.5 Å². The maximum Gasteiger partial charge on any atom is 0.387 e. The van der Waals surface area contributed by atoms with Crippen LogP contribution >= 0.6 is 11.6 Å². The minimum Gasteiger partial charge on any atom is -0.478 e. The van der Waals surface area contributed by atoms with E-state index in [4.69, 9.17) is 16.7 Å². The molecule has 0 aliphatic rings. The van der Waals surface area contributed by atoms with Gasteiger partial charge >= 0.3 is 19.2 Å². The summed E-state index contributed by atoms with van der Waals surface area (Å²) >= 11 is 5.80. The third-order valence-electron chi connectivity index (χ3n) is 3.31. The molecular weight excluding hydrogens is 422 g/mol. The van der Waals surface area contributed by atoms with Crippen molar-refractivity contribution in [1.29, 1.82) is 0 Å². The fraction of sp³-hybridized carbons (Fsp3) is 0.111. The molecule has 2 aromatic carbocycles. The van der Waals surface area contributed by atoms with Gasteiger partial charge in [0, 0.05) is 6.08 Å². The molecule has 0 bridgehead atoms. The minimum atomic E-state index is -3.28. The Bertz CT molecular complexity index is 936. The Labute approximate surface area is 166 Å². The number of hydrogen-bond acceptors (Lipinski definition) is 4. The molecule has 0 saturated heterocycles. The van der Waals surface area contributed by atoms with Crippen molar-refractivity contribution < 1.29 is 41.7 Å². The van der Waals surface area contributed by atoms with Gasteiger partial charge in [-0.1, -0.05) is 23.7 Å². The van der Waals surface area contributed by atoms with Crippen molar-refractivity contribution in [2.45, 2.75) is 13.2 Å². The maximum atomic E-state index is 12.5. The highest BCUT2D eigenvalue weighted by molar-refractivity contribution is 6.34. The lowest BCUT2D eigenvalue weighted by atomic mass is 10.1. The quantitative estimate of drug-likeness (QED) is 0.457. The number of alkyl halides is 4. The van der Waals surface area contributed by atoms with Gasteiger partial charge in [-0.2, -0.15) is 17.6 Å². The van der Waals surface area contributed by atoms with Gasteiger partial charge in [0.25, 0.3) is 0 Å². The van der Waals surface area contributed by atoms with Gasteiger partial charge in [-0.3, -0.25) is 4.79 Å². The number of anilines is 1. The molecule has 1 amide bonds. The van der Waals surface area contributed by atoms with Crippen LogP contribution in [0.1, 0.15) is 15.9 Å². The Kier molecular flexibility index (Phi) is 7.43. The van der Waals surface area contributed by atoms with Crippen molar-refractivity contribution in [3.05, 3.63) is 58.6 Å². The molecule has 2 rings (SSSR count). The van der Waals surface area contributed by atoms with Crippen molar-refractivity contribution in [2.24, 2.45) is 0 Å². The number of benzene rings is 2. The number of ether oxygens (including phenoxy) is 2. The number of amides is 1. The molecule has 0 spiro atoms. The molecule has 29 heavy (non-hydrogen) atoms. The third-order valence-corrected chi connectivity index (χ3v) is 3.63. The zero-order valence-electron chi connectivity index (χ0n) is 14.2. The first-order chi connectivity index (χ1) is 13.7. The van der Waals surface area contributed by atoms with E-state index in [1.54, 1.807) is 0 Å². The van der Waals surface area contributed by atoms with Gasteiger partial charge in [0.05, 0.1) is 10.7 Å².